The van der Waals surface area contributed by atoms with Gasteiger partial charge < -0.3 is 0 Å². The average Bonchev–Trinajstić information content (AvgIpc) is 2.95. The first-order valence-corrected chi connectivity index (χ1v) is 14.2. The molecule has 0 N–H and O–H groups in total. The van der Waals surface area contributed by atoms with E-state index in [1.165, 1.54) is 39.8 Å². The van der Waals surface area contributed by atoms with Gasteiger partial charge in [0.2, 0.25) is 0 Å². The summed E-state index contributed by atoms with van der Waals surface area (Å²) in [6, 6.07) is 15.6. The van der Waals surface area contributed by atoms with Gasteiger partial charge in [-0.3, -0.25) is 0 Å². The van der Waals surface area contributed by atoms with Crippen LogP contribution in [0.5, 0.6) is 0 Å². The van der Waals surface area contributed by atoms with Crippen molar-refractivity contribution in [2.24, 2.45) is 0 Å². The standard InChI is InChI=1S/C20H21.2ClH.Zr/c1-4-15(3)16-8-10-17(11-9-16)19-7-5-6-18-12-14(2)13-20(18)19;;;/h5-13,15H,4H2,1-3H3;2*1H;/q;;;+2/p-2. The molecule has 0 amide bonds. The molecule has 0 heterocycles. The van der Waals surface area contributed by atoms with Crippen molar-refractivity contribution < 1.29 is 20.8 Å². The van der Waals surface area contributed by atoms with Gasteiger partial charge in [0.05, 0.1) is 0 Å². The number of allylic oxidation sites excluding steroid dienone is 1. The summed E-state index contributed by atoms with van der Waals surface area (Å²) >= 11 is -0.826. The van der Waals surface area contributed by atoms with Crippen LogP contribution in [-0.2, 0) is 20.8 Å². The zero-order valence-electron chi connectivity index (χ0n) is 13.7. The van der Waals surface area contributed by atoms with Crippen LogP contribution in [0, 0.1) is 6.42 Å². The van der Waals surface area contributed by atoms with E-state index in [2.05, 4.69) is 75.7 Å². The molecule has 1 aliphatic carbocycles. The fourth-order valence-corrected chi connectivity index (χ4v) is 2.86. The van der Waals surface area contributed by atoms with E-state index in [-0.39, 0.29) is 0 Å². The van der Waals surface area contributed by atoms with Gasteiger partial charge >= 0.3 is 37.9 Å². The molecule has 0 saturated heterocycles. The molecule has 1 unspecified atom stereocenters. The second-order valence-electron chi connectivity index (χ2n) is 5.84. The third-order valence-corrected chi connectivity index (χ3v) is 4.30. The van der Waals surface area contributed by atoms with E-state index in [4.69, 9.17) is 17.0 Å². The topological polar surface area (TPSA) is 0 Å². The van der Waals surface area contributed by atoms with Crippen molar-refractivity contribution in [2.45, 2.75) is 33.1 Å². The van der Waals surface area contributed by atoms with Gasteiger partial charge in [0.15, 0.2) is 0 Å². The number of rotatable bonds is 3. The van der Waals surface area contributed by atoms with Crippen molar-refractivity contribution in [1.82, 2.24) is 0 Å². The number of halogens is 2. The van der Waals surface area contributed by atoms with Gasteiger partial charge in [0, 0.05) is 6.42 Å². The maximum absolute atomic E-state index is 4.93. The van der Waals surface area contributed by atoms with Gasteiger partial charge in [-0.1, -0.05) is 68.0 Å². The van der Waals surface area contributed by atoms with Crippen LogP contribution in [0.3, 0.4) is 0 Å². The van der Waals surface area contributed by atoms with Gasteiger partial charge in [0.25, 0.3) is 0 Å². The van der Waals surface area contributed by atoms with Crippen LogP contribution >= 0.6 is 17.0 Å². The first-order chi connectivity index (χ1) is 11.1. The fraction of sp³-hybridized carbons (Fsp3) is 0.250. The Morgan fingerprint density at radius 3 is 2.30 bits per heavy atom. The number of benzene rings is 2. The Morgan fingerprint density at radius 2 is 1.70 bits per heavy atom. The van der Waals surface area contributed by atoms with Crippen molar-refractivity contribution in [3.05, 3.63) is 71.1 Å². The van der Waals surface area contributed by atoms with Crippen LogP contribution in [-0.4, -0.2) is 0 Å². The molecule has 0 fully saturated rings. The summed E-state index contributed by atoms with van der Waals surface area (Å²) in [6.07, 6.45) is 5.73. The van der Waals surface area contributed by atoms with Crippen molar-refractivity contribution in [3.63, 3.8) is 0 Å². The fourth-order valence-electron chi connectivity index (χ4n) is 2.86. The van der Waals surface area contributed by atoms with Gasteiger partial charge in [-0.2, -0.15) is 0 Å². The second kappa shape index (κ2) is 9.21. The molecule has 0 nitrogen and oxygen atoms in total. The zero-order chi connectivity index (χ0) is 16.8. The van der Waals surface area contributed by atoms with Crippen molar-refractivity contribution in [1.29, 1.82) is 0 Å². The Labute approximate surface area is 158 Å². The molecule has 119 valence electrons. The Hall–Kier alpha value is -0.357. The van der Waals surface area contributed by atoms with Crippen LogP contribution in [0.25, 0.3) is 17.2 Å². The SMILES string of the molecule is CCC(C)c1ccc(-c2cccc3c2C=C(C)[CH]3)cc1.[Cl][Zr][Cl]. The van der Waals surface area contributed by atoms with E-state index < -0.39 is 20.8 Å². The monoisotopic (exact) mass is 421 g/mol. The molecule has 0 spiro atoms. The van der Waals surface area contributed by atoms with Crippen LogP contribution in [0.2, 0.25) is 0 Å². The van der Waals surface area contributed by atoms with E-state index in [0.717, 1.165) is 0 Å². The third kappa shape index (κ3) is 4.82. The summed E-state index contributed by atoms with van der Waals surface area (Å²) in [6.45, 7) is 6.69. The van der Waals surface area contributed by atoms with Gasteiger partial charge in [-0.15, -0.1) is 0 Å². The summed E-state index contributed by atoms with van der Waals surface area (Å²) in [5.74, 6) is 0.640. The molecule has 0 aromatic heterocycles. The third-order valence-electron chi connectivity index (χ3n) is 4.30. The summed E-state index contributed by atoms with van der Waals surface area (Å²) in [5, 5.41) is 0. The summed E-state index contributed by atoms with van der Waals surface area (Å²) in [4.78, 5) is 0. The van der Waals surface area contributed by atoms with E-state index in [9.17, 15) is 0 Å². The molecule has 3 heteroatoms. The Kier molecular flexibility index (Phi) is 7.60. The maximum atomic E-state index is 4.93. The summed E-state index contributed by atoms with van der Waals surface area (Å²) < 4.78 is 0. The Morgan fingerprint density at radius 1 is 1.04 bits per heavy atom. The van der Waals surface area contributed by atoms with Crippen molar-refractivity contribution in [2.75, 3.05) is 0 Å². The Bertz CT molecular complexity index is 675. The van der Waals surface area contributed by atoms with E-state index in [0.29, 0.717) is 5.92 Å². The molecular formula is C20H21Cl2Zr. The molecule has 3 rings (SSSR count). The molecule has 1 atom stereocenters. The predicted octanol–water partition coefficient (Wildman–Crippen LogP) is 7.21. The van der Waals surface area contributed by atoms with E-state index >= 15 is 0 Å². The van der Waals surface area contributed by atoms with Crippen LogP contribution in [0.4, 0.5) is 0 Å². The number of hydrogen-bond donors (Lipinski definition) is 0. The molecule has 0 saturated carbocycles. The van der Waals surface area contributed by atoms with Gasteiger partial charge in [-0.25, -0.2) is 0 Å². The normalized spacial score (nSPS) is 13.5. The quantitative estimate of drug-likeness (QED) is 0.489. The van der Waals surface area contributed by atoms with Gasteiger partial charge in [-0.05, 0) is 47.1 Å². The summed E-state index contributed by atoms with van der Waals surface area (Å²) in [5.41, 5.74) is 8.12. The number of hydrogen-bond acceptors (Lipinski definition) is 0. The molecule has 1 aliphatic rings. The molecule has 2 aromatic rings. The second-order valence-corrected chi connectivity index (χ2v) is 9.58. The average molecular weight is 424 g/mol. The first kappa shape index (κ1) is 19.0. The zero-order valence-corrected chi connectivity index (χ0v) is 17.7. The van der Waals surface area contributed by atoms with Crippen LogP contribution < -0.4 is 0 Å². The minimum absolute atomic E-state index is 0.640. The van der Waals surface area contributed by atoms with Gasteiger partial charge in [0.1, 0.15) is 0 Å². The molecule has 1 radical (unpaired) electrons. The van der Waals surface area contributed by atoms with Crippen LogP contribution in [0.1, 0.15) is 49.8 Å². The van der Waals surface area contributed by atoms with Crippen molar-refractivity contribution >= 4 is 23.1 Å². The Balaban J connectivity index is 0.000000595. The molecular weight excluding hydrogens is 402 g/mol. The first-order valence-electron chi connectivity index (χ1n) is 7.83. The predicted molar refractivity (Wildman–Crippen MR) is 99.3 cm³/mol. The van der Waals surface area contributed by atoms with Crippen LogP contribution in [0.15, 0.2) is 48.0 Å². The van der Waals surface area contributed by atoms with E-state index in [1.54, 1.807) is 0 Å². The number of fused-ring (bicyclic) bond motifs is 1. The summed E-state index contributed by atoms with van der Waals surface area (Å²) in [7, 11) is 9.87. The molecule has 23 heavy (non-hydrogen) atoms. The molecule has 0 bridgehead atoms. The molecule has 0 aliphatic heterocycles. The van der Waals surface area contributed by atoms with E-state index in [1.807, 2.05) is 0 Å². The minimum atomic E-state index is -0.826. The molecule has 2 aromatic carbocycles. The van der Waals surface area contributed by atoms with Crippen molar-refractivity contribution in [3.8, 4) is 11.1 Å².